The summed E-state index contributed by atoms with van der Waals surface area (Å²) in [4.78, 5) is 0. The molecular formula is C3H9Cl3OSi2. The normalized spacial score (nSPS) is 14.3. The van der Waals surface area contributed by atoms with Gasteiger partial charge in [0.2, 0.25) is 0 Å². The van der Waals surface area contributed by atoms with E-state index in [2.05, 4.69) is 0 Å². The van der Waals surface area contributed by atoms with E-state index in [-0.39, 0.29) is 0 Å². The monoisotopic (exact) mass is 222 g/mol. The Hall–Kier alpha value is 1.26. The molecule has 0 aliphatic rings. The van der Waals surface area contributed by atoms with Crippen molar-refractivity contribution in [3.8, 4) is 0 Å². The van der Waals surface area contributed by atoms with Crippen LogP contribution in [0.15, 0.2) is 0 Å². The number of hydrogen-bond acceptors (Lipinski definition) is 1. The van der Waals surface area contributed by atoms with Gasteiger partial charge in [0.25, 0.3) is 0 Å². The molecule has 0 saturated heterocycles. The Morgan fingerprint density at radius 1 is 1.44 bits per heavy atom. The molecule has 0 unspecified atom stereocenters. The molecule has 0 fully saturated rings. The van der Waals surface area contributed by atoms with Gasteiger partial charge in [-0.15, -0.1) is 33.8 Å². The smallest absolute Gasteiger partial charge is 0.399 e. The maximum absolute atomic E-state index is 5.82. The fourth-order valence-corrected chi connectivity index (χ4v) is 2.88. The third kappa shape index (κ3) is 2.78. The van der Waals surface area contributed by atoms with Gasteiger partial charge in [-0.05, 0) is 13.8 Å². The molecule has 0 bridgehead atoms. The Morgan fingerprint density at radius 2 is 1.78 bits per heavy atom. The van der Waals surface area contributed by atoms with Crippen molar-refractivity contribution < 1.29 is 4.12 Å². The molecule has 0 aliphatic heterocycles. The molecule has 0 spiro atoms. The van der Waals surface area contributed by atoms with E-state index in [1.165, 1.54) is 0 Å². The molecule has 0 atom stereocenters. The second-order valence-corrected chi connectivity index (χ2v) is 11.1. The van der Waals surface area contributed by atoms with Crippen LogP contribution in [-0.2, 0) is 4.12 Å². The minimum atomic E-state index is -2.61. The molecule has 0 aromatic carbocycles. The molecule has 56 valence electrons. The van der Waals surface area contributed by atoms with Crippen molar-refractivity contribution in [2.75, 3.05) is 0 Å². The first-order valence-corrected chi connectivity index (χ1v) is 7.56. The highest BCUT2D eigenvalue weighted by Crippen LogP contribution is 2.33. The molecule has 0 heterocycles. The van der Waals surface area contributed by atoms with Crippen molar-refractivity contribution in [1.29, 1.82) is 0 Å². The van der Waals surface area contributed by atoms with Gasteiger partial charge in [0.1, 0.15) is 10.5 Å². The Morgan fingerprint density at radius 3 is 1.78 bits per heavy atom. The van der Waals surface area contributed by atoms with Crippen LogP contribution in [0.5, 0.6) is 0 Å². The standard InChI is InChI=1S/C3H9Cl3OSi2/c1-3(2,4)9(5,6)7-8/h1-2,8H3. The lowest BCUT2D eigenvalue weighted by Gasteiger charge is -2.26. The fraction of sp³-hybridized carbons (Fsp3) is 1.00. The van der Waals surface area contributed by atoms with E-state index < -0.39 is 11.4 Å². The van der Waals surface area contributed by atoms with E-state index in [0.29, 0.717) is 10.5 Å². The lowest BCUT2D eigenvalue weighted by Crippen LogP contribution is -2.43. The van der Waals surface area contributed by atoms with E-state index in [4.69, 9.17) is 37.9 Å². The van der Waals surface area contributed by atoms with Gasteiger partial charge in [0, 0.05) is 0 Å². The third-order valence-electron chi connectivity index (χ3n) is 0.948. The fourth-order valence-electron chi connectivity index (χ4n) is 0.243. The van der Waals surface area contributed by atoms with Crippen molar-refractivity contribution in [1.82, 2.24) is 0 Å². The average Bonchev–Trinajstić information content (AvgIpc) is 1.64. The molecule has 9 heavy (non-hydrogen) atoms. The van der Waals surface area contributed by atoms with Crippen molar-refractivity contribution in [2.45, 2.75) is 18.3 Å². The molecule has 0 N–H and O–H groups in total. The topological polar surface area (TPSA) is 9.23 Å². The second kappa shape index (κ2) is 3.11. The van der Waals surface area contributed by atoms with Gasteiger partial charge in [-0.25, -0.2) is 0 Å². The Kier molecular flexibility index (Phi) is 3.55. The van der Waals surface area contributed by atoms with Gasteiger partial charge < -0.3 is 4.12 Å². The number of halogens is 3. The zero-order valence-electron chi connectivity index (χ0n) is 5.54. The summed E-state index contributed by atoms with van der Waals surface area (Å²) in [5, 5.41) is 0. The predicted molar refractivity (Wildman–Crippen MR) is 48.4 cm³/mol. The molecule has 0 amide bonds. The highest BCUT2D eigenvalue weighted by Gasteiger charge is 2.45. The summed E-state index contributed by atoms with van der Waals surface area (Å²) in [6.45, 7) is 0.918. The SMILES string of the molecule is CC(C)(Cl)[Si](Cl)(Cl)O[SiH3]. The lowest BCUT2D eigenvalue weighted by molar-refractivity contribution is 0.614. The van der Waals surface area contributed by atoms with E-state index in [1.807, 2.05) is 0 Å². The van der Waals surface area contributed by atoms with Crippen molar-refractivity contribution >= 4 is 51.2 Å². The van der Waals surface area contributed by atoms with Crippen molar-refractivity contribution in [3.63, 3.8) is 0 Å². The first-order chi connectivity index (χ1) is 3.81. The van der Waals surface area contributed by atoms with Gasteiger partial charge in [0.15, 0.2) is 0 Å². The molecule has 0 saturated carbocycles. The van der Waals surface area contributed by atoms with Gasteiger partial charge in [-0.2, -0.15) is 0 Å². The zero-order valence-corrected chi connectivity index (χ0v) is 10.8. The van der Waals surface area contributed by atoms with E-state index >= 15 is 0 Å². The average molecular weight is 224 g/mol. The van der Waals surface area contributed by atoms with E-state index in [9.17, 15) is 0 Å². The summed E-state index contributed by atoms with van der Waals surface area (Å²) >= 11 is 17.4. The largest absolute Gasteiger partial charge is 0.442 e. The molecule has 0 aliphatic carbocycles. The summed E-state index contributed by atoms with van der Waals surface area (Å²) in [5.41, 5.74) is 0. The highest BCUT2D eigenvalue weighted by molar-refractivity contribution is 7.45. The summed E-state index contributed by atoms with van der Waals surface area (Å²) in [7, 11) is 0.542. The molecular weight excluding hydrogens is 215 g/mol. The minimum Gasteiger partial charge on any atom is -0.442 e. The van der Waals surface area contributed by atoms with Crippen LogP contribution in [0.1, 0.15) is 13.8 Å². The van der Waals surface area contributed by atoms with E-state index in [1.54, 1.807) is 13.8 Å². The Bertz CT molecular complexity index is 99.7. The summed E-state index contributed by atoms with van der Waals surface area (Å²) in [6.07, 6.45) is 0. The number of hydrogen-bond donors (Lipinski definition) is 0. The first kappa shape index (κ1) is 10.3. The van der Waals surface area contributed by atoms with Crippen LogP contribution >= 0.6 is 33.8 Å². The van der Waals surface area contributed by atoms with Crippen LogP contribution in [0.3, 0.4) is 0 Å². The van der Waals surface area contributed by atoms with Crippen molar-refractivity contribution in [3.05, 3.63) is 0 Å². The summed E-state index contributed by atoms with van der Waals surface area (Å²) < 4.78 is 4.38. The van der Waals surface area contributed by atoms with E-state index in [0.717, 1.165) is 0 Å². The van der Waals surface area contributed by atoms with Crippen LogP contribution in [-0.4, -0.2) is 21.9 Å². The zero-order chi connectivity index (χ0) is 7.71. The molecule has 0 rings (SSSR count). The maximum Gasteiger partial charge on any atom is 0.399 e. The molecule has 1 nitrogen and oxygen atoms in total. The molecule has 0 aromatic rings. The van der Waals surface area contributed by atoms with Crippen LogP contribution in [0.25, 0.3) is 0 Å². The third-order valence-corrected chi connectivity index (χ3v) is 11.4. The minimum absolute atomic E-state index is 0.542. The van der Waals surface area contributed by atoms with Crippen LogP contribution in [0, 0.1) is 0 Å². The number of alkyl halides is 1. The Balaban J connectivity index is 4.14. The predicted octanol–water partition coefficient (Wildman–Crippen LogP) is 1.26. The highest BCUT2D eigenvalue weighted by atomic mass is 35.7. The molecule has 0 aromatic heterocycles. The van der Waals surface area contributed by atoms with Crippen LogP contribution < -0.4 is 0 Å². The Labute approximate surface area is 73.7 Å². The summed E-state index contributed by atoms with van der Waals surface area (Å²) in [6, 6.07) is 0. The lowest BCUT2D eigenvalue weighted by atomic mass is 10.5. The second-order valence-electron chi connectivity index (χ2n) is 2.19. The molecule has 0 radical (unpaired) electrons. The first-order valence-electron chi connectivity index (χ1n) is 2.43. The van der Waals surface area contributed by atoms with Gasteiger partial charge in [-0.3, -0.25) is 0 Å². The van der Waals surface area contributed by atoms with Crippen LogP contribution in [0.4, 0.5) is 0 Å². The quantitative estimate of drug-likeness (QED) is 0.389. The van der Waals surface area contributed by atoms with Crippen molar-refractivity contribution in [2.24, 2.45) is 0 Å². The van der Waals surface area contributed by atoms with Gasteiger partial charge in [-0.1, -0.05) is 0 Å². The summed E-state index contributed by atoms with van der Waals surface area (Å²) in [5.74, 6) is 0. The number of rotatable bonds is 2. The maximum atomic E-state index is 5.82. The molecule has 6 heteroatoms. The van der Waals surface area contributed by atoms with Crippen LogP contribution in [0.2, 0.25) is 0 Å². The van der Waals surface area contributed by atoms with Gasteiger partial charge >= 0.3 is 6.94 Å². The van der Waals surface area contributed by atoms with Gasteiger partial charge in [0.05, 0.1) is 4.50 Å².